The van der Waals surface area contributed by atoms with Crippen LogP contribution in [-0.4, -0.2) is 68.7 Å². The number of hydrogen-bond donors (Lipinski definition) is 1. The van der Waals surface area contributed by atoms with Gasteiger partial charge in [-0.1, -0.05) is 0 Å². The van der Waals surface area contributed by atoms with E-state index in [4.69, 9.17) is 9.97 Å². The number of carbonyl (C=O) groups excluding carboxylic acids is 1. The highest BCUT2D eigenvalue weighted by Gasteiger charge is 2.61. The highest BCUT2D eigenvalue weighted by Crippen LogP contribution is 2.64. The number of fused-ring (bicyclic) bond motifs is 1. The zero-order chi connectivity index (χ0) is 21.9. The van der Waals surface area contributed by atoms with Gasteiger partial charge in [-0.25, -0.2) is 4.98 Å². The second-order valence-electron chi connectivity index (χ2n) is 9.88. The maximum Gasteiger partial charge on any atom is 0.227 e. The van der Waals surface area contributed by atoms with Crippen molar-refractivity contribution in [1.82, 2.24) is 34.9 Å². The quantitative estimate of drug-likeness (QED) is 0.667. The molecule has 2 bridgehead atoms. The van der Waals surface area contributed by atoms with Crippen LogP contribution in [0.25, 0.3) is 22.2 Å². The van der Waals surface area contributed by atoms with Gasteiger partial charge in [0.05, 0.1) is 28.5 Å². The van der Waals surface area contributed by atoms with Gasteiger partial charge < -0.3 is 10.2 Å². The van der Waals surface area contributed by atoms with Crippen LogP contribution in [0, 0.1) is 11.3 Å². The molecule has 1 saturated heterocycles. The van der Waals surface area contributed by atoms with Gasteiger partial charge in [0.2, 0.25) is 5.91 Å². The Morgan fingerprint density at radius 3 is 2.56 bits per heavy atom. The van der Waals surface area contributed by atoms with Crippen molar-refractivity contribution in [3.8, 4) is 11.3 Å². The molecule has 8 heteroatoms. The number of aromatic nitrogens is 4. The summed E-state index contributed by atoms with van der Waals surface area (Å²) >= 11 is 0. The fourth-order valence-corrected chi connectivity index (χ4v) is 5.36. The maximum atomic E-state index is 13.2. The number of piperazine rings is 1. The first-order chi connectivity index (χ1) is 15.5. The van der Waals surface area contributed by atoms with E-state index in [1.807, 2.05) is 43.8 Å². The summed E-state index contributed by atoms with van der Waals surface area (Å²) < 4.78 is 1.78. The van der Waals surface area contributed by atoms with E-state index in [0.29, 0.717) is 0 Å². The van der Waals surface area contributed by atoms with Gasteiger partial charge in [0.15, 0.2) is 0 Å². The van der Waals surface area contributed by atoms with Crippen LogP contribution >= 0.6 is 0 Å². The van der Waals surface area contributed by atoms with E-state index >= 15 is 0 Å². The lowest BCUT2D eigenvalue weighted by Gasteiger charge is -2.60. The number of rotatable bonds is 5. The predicted molar refractivity (Wildman–Crippen MR) is 121 cm³/mol. The number of pyridine rings is 2. The molecule has 4 aliphatic rings. The van der Waals surface area contributed by atoms with Crippen LogP contribution in [0.1, 0.15) is 31.1 Å². The Bertz CT molecular complexity index is 1160. The van der Waals surface area contributed by atoms with E-state index in [9.17, 15) is 4.79 Å². The monoisotopic (exact) mass is 431 g/mol. The van der Waals surface area contributed by atoms with Crippen LogP contribution in [-0.2, 0) is 11.8 Å². The molecular formula is C24H29N7O. The van der Waals surface area contributed by atoms with E-state index < -0.39 is 0 Å². The molecule has 3 aliphatic carbocycles. The molecular weight excluding hydrogens is 402 g/mol. The molecule has 3 aromatic heterocycles. The molecule has 0 radical (unpaired) electrons. The first kappa shape index (κ1) is 19.8. The maximum absolute atomic E-state index is 13.2. The predicted octanol–water partition coefficient (Wildman–Crippen LogP) is 2.19. The molecule has 1 aliphatic heterocycles. The van der Waals surface area contributed by atoms with Gasteiger partial charge in [-0.05, 0) is 50.4 Å². The number of hydrogen-bond acceptors (Lipinski definition) is 6. The fraction of sp³-hybridized carbons (Fsp3) is 0.500. The zero-order valence-corrected chi connectivity index (χ0v) is 18.7. The van der Waals surface area contributed by atoms with Crippen molar-refractivity contribution in [1.29, 1.82) is 0 Å². The number of nitrogens with zero attached hydrogens (tertiary/aromatic N) is 6. The third kappa shape index (κ3) is 3.29. The third-order valence-corrected chi connectivity index (χ3v) is 7.57. The van der Waals surface area contributed by atoms with Crippen LogP contribution in [0.4, 0.5) is 0 Å². The number of aryl methyl sites for hydroxylation is 1. The van der Waals surface area contributed by atoms with Crippen LogP contribution in [0.2, 0.25) is 0 Å². The minimum absolute atomic E-state index is 0.113. The van der Waals surface area contributed by atoms with E-state index in [0.717, 1.165) is 79.2 Å². The molecule has 0 spiro atoms. The van der Waals surface area contributed by atoms with Crippen LogP contribution in [0.15, 0.2) is 36.8 Å². The second kappa shape index (κ2) is 7.35. The van der Waals surface area contributed by atoms with Gasteiger partial charge in [0.25, 0.3) is 0 Å². The van der Waals surface area contributed by atoms with Gasteiger partial charge in [-0.3, -0.25) is 19.4 Å². The fourth-order valence-electron chi connectivity index (χ4n) is 5.36. The number of carbonyl (C=O) groups is 1. The minimum atomic E-state index is -0.224. The molecule has 3 aromatic rings. The first-order valence-electron chi connectivity index (χ1n) is 11.5. The Morgan fingerprint density at radius 1 is 1.12 bits per heavy atom. The van der Waals surface area contributed by atoms with E-state index in [1.165, 1.54) is 0 Å². The topological polar surface area (TPSA) is 79.2 Å². The van der Waals surface area contributed by atoms with Crippen molar-refractivity contribution in [3.05, 3.63) is 42.5 Å². The molecule has 1 atom stereocenters. The number of amides is 1. The summed E-state index contributed by atoms with van der Waals surface area (Å²) in [5, 5.41) is 8.63. The van der Waals surface area contributed by atoms with Gasteiger partial charge in [0, 0.05) is 56.6 Å². The summed E-state index contributed by atoms with van der Waals surface area (Å²) in [7, 11) is 4.05. The Kier molecular flexibility index (Phi) is 4.55. The molecule has 0 aromatic carbocycles. The van der Waals surface area contributed by atoms with E-state index in [-0.39, 0.29) is 17.5 Å². The van der Waals surface area contributed by atoms with Gasteiger partial charge in [-0.15, -0.1) is 0 Å². The highest BCUT2D eigenvalue weighted by atomic mass is 16.2. The normalized spacial score (nSPS) is 26.4. The second-order valence-corrected chi connectivity index (χ2v) is 9.88. The van der Waals surface area contributed by atoms with Gasteiger partial charge >= 0.3 is 0 Å². The van der Waals surface area contributed by atoms with Gasteiger partial charge in [-0.2, -0.15) is 5.10 Å². The summed E-state index contributed by atoms with van der Waals surface area (Å²) in [4.78, 5) is 27.5. The standard InChI is InChI=1S/C24H29N7O/c1-29-5-7-31(8-6-29)22(28-23(32)24-10-16(11-24)12-24)21-9-20-17(13-25-21)3-4-19(27-20)18-14-26-30(2)15-18/h3-4,9,13-16,22H,5-8,10-12H2,1-2H3,(H,28,32). The lowest BCUT2D eigenvalue weighted by molar-refractivity contribution is -0.167. The molecule has 7 rings (SSSR count). The largest absolute Gasteiger partial charge is 0.335 e. The number of likely N-dealkylation sites (N-methyl/N-ethyl adjacent to an activating group) is 1. The Hall–Kier alpha value is -2.84. The summed E-state index contributed by atoms with van der Waals surface area (Å²) in [6.45, 7) is 3.77. The summed E-state index contributed by atoms with van der Waals surface area (Å²) in [6.07, 6.45) is 8.60. The van der Waals surface area contributed by atoms with Crippen LogP contribution < -0.4 is 5.32 Å². The smallest absolute Gasteiger partial charge is 0.227 e. The summed E-state index contributed by atoms with van der Waals surface area (Å²) in [5.41, 5.74) is 3.50. The molecule has 32 heavy (non-hydrogen) atoms. The van der Waals surface area contributed by atoms with E-state index in [2.05, 4.69) is 27.3 Å². The molecule has 1 amide bonds. The molecule has 4 fully saturated rings. The molecule has 4 heterocycles. The minimum Gasteiger partial charge on any atom is -0.335 e. The van der Waals surface area contributed by atoms with Crippen LogP contribution in [0.3, 0.4) is 0 Å². The van der Waals surface area contributed by atoms with Gasteiger partial charge in [0.1, 0.15) is 6.17 Å². The van der Waals surface area contributed by atoms with Crippen molar-refractivity contribution < 1.29 is 4.79 Å². The lowest BCUT2D eigenvalue weighted by atomic mass is 9.44. The zero-order valence-electron chi connectivity index (χ0n) is 18.7. The van der Waals surface area contributed by atoms with Crippen LogP contribution in [0.5, 0.6) is 0 Å². The summed E-state index contributed by atoms with van der Waals surface area (Å²) in [6, 6.07) is 6.09. The average Bonchev–Trinajstić information content (AvgIpc) is 3.16. The lowest BCUT2D eigenvalue weighted by Crippen LogP contribution is -2.62. The third-order valence-electron chi connectivity index (χ3n) is 7.57. The van der Waals surface area contributed by atoms with E-state index in [1.54, 1.807) is 4.68 Å². The average molecular weight is 432 g/mol. The number of nitrogens with one attached hydrogen (secondary N) is 1. The molecule has 1 N–H and O–H groups in total. The van der Waals surface area contributed by atoms with Crippen molar-refractivity contribution >= 4 is 16.8 Å². The summed E-state index contributed by atoms with van der Waals surface area (Å²) in [5.74, 6) is 0.972. The Labute approximate surface area is 187 Å². The van der Waals surface area contributed by atoms with Crippen molar-refractivity contribution in [2.45, 2.75) is 25.4 Å². The Morgan fingerprint density at radius 2 is 1.91 bits per heavy atom. The SMILES string of the molecule is CN1CCN(C(NC(=O)C23CC(C2)C3)c2cc3nc(-c4cnn(C)c4)ccc3cn2)CC1. The van der Waals surface area contributed by atoms with Crippen molar-refractivity contribution in [2.75, 3.05) is 33.2 Å². The molecule has 3 saturated carbocycles. The highest BCUT2D eigenvalue weighted by molar-refractivity contribution is 5.86. The molecule has 8 nitrogen and oxygen atoms in total. The first-order valence-corrected chi connectivity index (χ1v) is 11.5. The van der Waals surface area contributed by atoms with Crippen molar-refractivity contribution in [2.24, 2.45) is 18.4 Å². The molecule has 1 unspecified atom stereocenters. The Balaban J connectivity index is 1.33. The van der Waals surface area contributed by atoms with Crippen molar-refractivity contribution in [3.63, 3.8) is 0 Å². The molecule has 166 valence electrons.